The molecule has 2 rings (SSSR count). The predicted molar refractivity (Wildman–Crippen MR) is 75.8 cm³/mol. The Kier molecular flexibility index (Phi) is 3.78. The molecule has 0 saturated heterocycles. The molecule has 0 radical (unpaired) electrons. The van der Waals surface area contributed by atoms with Crippen LogP contribution in [0.5, 0.6) is 0 Å². The van der Waals surface area contributed by atoms with Crippen molar-refractivity contribution in [2.45, 2.75) is 26.8 Å². The maximum absolute atomic E-state index is 4.25. The molecule has 0 aliphatic carbocycles. The van der Waals surface area contributed by atoms with Crippen LogP contribution >= 0.6 is 0 Å². The normalized spacial score (nSPS) is 12.4. The summed E-state index contributed by atoms with van der Waals surface area (Å²) in [5.74, 6) is 0. The lowest BCUT2D eigenvalue weighted by atomic mass is 9.93. The van der Waals surface area contributed by atoms with Crippen LogP contribution in [0.15, 0.2) is 36.7 Å². The zero-order chi connectivity index (χ0) is 13.1. The van der Waals surface area contributed by atoms with E-state index >= 15 is 0 Å². The van der Waals surface area contributed by atoms with Gasteiger partial charge in [0.1, 0.15) is 0 Å². The number of hydrogen-bond acceptors (Lipinski definition) is 2. The summed E-state index contributed by atoms with van der Waals surface area (Å²) in [5, 5.41) is 3.40. The molecule has 0 bridgehead atoms. The number of nitrogens with zero attached hydrogens (tertiary/aromatic N) is 1. The van der Waals surface area contributed by atoms with Crippen LogP contribution in [-0.2, 0) is 0 Å². The Labute approximate surface area is 109 Å². The van der Waals surface area contributed by atoms with Crippen molar-refractivity contribution in [3.8, 4) is 0 Å². The third kappa shape index (κ3) is 2.44. The van der Waals surface area contributed by atoms with Crippen molar-refractivity contribution in [3.63, 3.8) is 0 Å². The van der Waals surface area contributed by atoms with Crippen molar-refractivity contribution in [3.05, 3.63) is 64.5 Å². The number of aromatic nitrogens is 1. The SMILES string of the molecule is CNC(c1ccc(C)cc1C)c1cnccc1C. The summed E-state index contributed by atoms with van der Waals surface area (Å²) in [6.45, 7) is 6.42. The third-order valence-corrected chi connectivity index (χ3v) is 3.42. The van der Waals surface area contributed by atoms with Crippen molar-refractivity contribution in [1.29, 1.82) is 0 Å². The second kappa shape index (κ2) is 5.32. The van der Waals surface area contributed by atoms with Crippen molar-refractivity contribution in [2.24, 2.45) is 0 Å². The maximum Gasteiger partial charge on any atom is 0.0594 e. The fourth-order valence-electron chi connectivity index (χ4n) is 2.41. The summed E-state index contributed by atoms with van der Waals surface area (Å²) in [5.41, 5.74) is 6.45. The van der Waals surface area contributed by atoms with Crippen molar-refractivity contribution >= 4 is 0 Å². The van der Waals surface area contributed by atoms with Gasteiger partial charge in [0.05, 0.1) is 6.04 Å². The Bertz CT molecular complexity index is 547. The van der Waals surface area contributed by atoms with Crippen molar-refractivity contribution in [2.75, 3.05) is 7.05 Å². The van der Waals surface area contributed by atoms with E-state index < -0.39 is 0 Å². The van der Waals surface area contributed by atoms with Gasteiger partial charge >= 0.3 is 0 Å². The van der Waals surface area contributed by atoms with Gasteiger partial charge in [-0.15, -0.1) is 0 Å². The monoisotopic (exact) mass is 240 g/mol. The topological polar surface area (TPSA) is 24.9 Å². The standard InChI is InChI=1S/C16H20N2/c1-11-5-6-14(13(3)9-11)16(17-4)15-10-18-8-7-12(15)2/h5-10,16-17H,1-4H3. The van der Waals surface area contributed by atoms with E-state index in [0.717, 1.165) is 0 Å². The van der Waals surface area contributed by atoms with Crippen molar-refractivity contribution < 1.29 is 0 Å². The van der Waals surface area contributed by atoms with E-state index in [4.69, 9.17) is 0 Å². The summed E-state index contributed by atoms with van der Waals surface area (Å²) < 4.78 is 0. The average molecular weight is 240 g/mol. The molecule has 1 heterocycles. The summed E-state index contributed by atoms with van der Waals surface area (Å²) >= 11 is 0. The minimum atomic E-state index is 0.208. The zero-order valence-electron chi connectivity index (χ0n) is 11.5. The first kappa shape index (κ1) is 12.8. The summed E-state index contributed by atoms with van der Waals surface area (Å²) in [6.07, 6.45) is 3.79. The lowest BCUT2D eigenvalue weighted by Crippen LogP contribution is -2.20. The number of pyridine rings is 1. The molecule has 1 unspecified atom stereocenters. The van der Waals surface area contributed by atoms with Gasteiger partial charge < -0.3 is 5.32 Å². The smallest absolute Gasteiger partial charge is 0.0594 e. The first-order chi connectivity index (χ1) is 8.63. The van der Waals surface area contributed by atoms with Gasteiger partial charge in [0.25, 0.3) is 0 Å². The second-order valence-corrected chi connectivity index (χ2v) is 4.81. The molecule has 0 saturated carbocycles. The van der Waals surface area contributed by atoms with Crippen LogP contribution in [0.25, 0.3) is 0 Å². The van der Waals surface area contributed by atoms with Crippen LogP contribution in [0.3, 0.4) is 0 Å². The predicted octanol–water partition coefficient (Wildman–Crippen LogP) is 3.32. The molecule has 2 heteroatoms. The molecule has 2 nitrogen and oxygen atoms in total. The van der Waals surface area contributed by atoms with Gasteiger partial charge in [-0.05, 0) is 56.1 Å². The highest BCUT2D eigenvalue weighted by Crippen LogP contribution is 2.26. The number of nitrogens with one attached hydrogen (secondary N) is 1. The van der Waals surface area contributed by atoms with Gasteiger partial charge in [0.15, 0.2) is 0 Å². The molecule has 2 aromatic rings. The Hall–Kier alpha value is -1.67. The molecule has 1 aromatic carbocycles. The highest BCUT2D eigenvalue weighted by atomic mass is 14.9. The van der Waals surface area contributed by atoms with Crippen LogP contribution in [0.1, 0.15) is 33.9 Å². The van der Waals surface area contributed by atoms with E-state index in [0.29, 0.717) is 0 Å². The molecule has 1 aromatic heterocycles. The second-order valence-electron chi connectivity index (χ2n) is 4.81. The molecule has 0 amide bonds. The van der Waals surface area contributed by atoms with Gasteiger partial charge in [-0.25, -0.2) is 0 Å². The summed E-state index contributed by atoms with van der Waals surface area (Å²) in [7, 11) is 2.00. The summed E-state index contributed by atoms with van der Waals surface area (Å²) in [6, 6.07) is 8.87. The van der Waals surface area contributed by atoms with Gasteiger partial charge in [-0.3, -0.25) is 4.98 Å². The third-order valence-electron chi connectivity index (χ3n) is 3.42. The molecule has 94 valence electrons. The van der Waals surface area contributed by atoms with E-state index in [2.05, 4.69) is 55.3 Å². The van der Waals surface area contributed by atoms with Crippen LogP contribution in [0.2, 0.25) is 0 Å². The largest absolute Gasteiger partial charge is 0.309 e. The van der Waals surface area contributed by atoms with E-state index in [1.54, 1.807) is 0 Å². The maximum atomic E-state index is 4.25. The minimum absolute atomic E-state index is 0.208. The quantitative estimate of drug-likeness (QED) is 0.890. The number of benzene rings is 1. The molecule has 1 N–H and O–H groups in total. The molecule has 0 fully saturated rings. The Morgan fingerprint density at radius 1 is 1.00 bits per heavy atom. The van der Waals surface area contributed by atoms with Gasteiger partial charge in [-0.1, -0.05) is 23.8 Å². The van der Waals surface area contributed by atoms with Crippen LogP contribution in [-0.4, -0.2) is 12.0 Å². The Morgan fingerprint density at radius 3 is 2.39 bits per heavy atom. The Balaban J connectivity index is 2.49. The number of aryl methyl sites for hydroxylation is 3. The Morgan fingerprint density at radius 2 is 1.78 bits per heavy atom. The van der Waals surface area contributed by atoms with Crippen LogP contribution < -0.4 is 5.32 Å². The first-order valence-electron chi connectivity index (χ1n) is 6.28. The molecule has 18 heavy (non-hydrogen) atoms. The molecule has 0 aliphatic rings. The van der Waals surface area contributed by atoms with E-state index in [-0.39, 0.29) is 6.04 Å². The molecular weight excluding hydrogens is 220 g/mol. The highest BCUT2D eigenvalue weighted by Gasteiger charge is 2.16. The van der Waals surface area contributed by atoms with E-state index in [1.165, 1.54) is 27.8 Å². The van der Waals surface area contributed by atoms with Gasteiger partial charge in [-0.2, -0.15) is 0 Å². The fourth-order valence-corrected chi connectivity index (χ4v) is 2.41. The van der Waals surface area contributed by atoms with E-state index in [1.807, 2.05) is 19.4 Å². The first-order valence-corrected chi connectivity index (χ1v) is 6.28. The van der Waals surface area contributed by atoms with E-state index in [9.17, 15) is 0 Å². The molecule has 0 aliphatic heterocycles. The fraction of sp³-hybridized carbons (Fsp3) is 0.312. The lowest BCUT2D eigenvalue weighted by Gasteiger charge is -2.21. The number of hydrogen-bond donors (Lipinski definition) is 1. The molecular formula is C16H20N2. The number of rotatable bonds is 3. The highest BCUT2D eigenvalue weighted by molar-refractivity contribution is 5.40. The molecule has 0 spiro atoms. The minimum Gasteiger partial charge on any atom is -0.309 e. The summed E-state index contributed by atoms with van der Waals surface area (Å²) in [4.78, 5) is 4.25. The van der Waals surface area contributed by atoms with Crippen LogP contribution in [0.4, 0.5) is 0 Å². The molecule has 1 atom stereocenters. The van der Waals surface area contributed by atoms with Crippen LogP contribution in [0, 0.1) is 20.8 Å². The zero-order valence-corrected chi connectivity index (χ0v) is 11.5. The lowest BCUT2D eigenvalue weighted by molar-refractivity contribution is 0.680. The average Bonchev–Trinajstić information content (AvgIpc) is 2.34. The van der Waals surface area contributed by atoms with Crippen molar-refractivity contribution in [1.82, 2.24) is 10.3 Å². The van der Waals surface area contributed by atoms with Gasteiger partial charge in [0.2, 0.25) is 0 Å². The van der Waals surface area contributed by atoms with Gasteiger partial charge in [0, 0.05) is 12.4 Å².